The highest BCUT2D eigenvalue weighted by atomic mass is 19.4. The lowest BCUT2D eigenvalue weighted by Crippen LogP contribution is -2.46. The second kappa shape index (κ2) is 8.78. The summed E-state index contributed by atoms with van der Waals surface area (Å²) in [6.07, 6.45) is -10.0. The van der Waals surface area contributed by atoms with Gasteiger partial charge < -0.3 is 15.1 Å². The van der Waals surface area contributed by atoms with Crippen molar-refractivity contribution in [3.8, 4) is 0 Å². The van der Waals surface area contributed by atoms with Crippen molar-refractivity contribution in [2.45, 2.75) is 19.3 Å². The fourth-order valence-electron chi connectivity index (χ4n) is 3.37. The quantitative estimate of drug-likeness (QED) is 0.664. The Kier molecular flexibility index (Phi) is 6.49. The van der Waals surface area contributed by atoms with Gasteiger partial charge in [-0.05, 0) is 49.0 Å². The van der Waals surface area contributed by atoms with E-state index in [-0.39, 0.29) is 11.8 Å². The summed E-state index contributed by atoms with van der Waals surface area (Å²) >= 11 is 0. The fraction of sp³-hybridized carbons (Fsp3) is 0.381. The molecule has 1 aliphatic heterocycles. The molecule has 1 saturated heterocycles. The van der Waals surface area contributed by atoms with Crippen molar-refractivity contribution in [2.24, 2.45) is 0 Å². The molecule has 0 unspecified atom stereocenters. The molecule has 0 saturated carbocycles. The number of carbonyl (C=O) groups is 1. The van der Waals surface area contributed by atoms with Crippen molar-refractivity contribution in [1.29, 1.82) is 0 Å². The van der Waals surface area contributed by atoms with Crippen molar-refractivity contribution < 1.29 is 31.1 Å². The number of alkyl halides is 6. The molecule has 1 heterocycles. The lowest BCUT2D eigenvalue weighted by atomic mass is 10.0. The van der Waals surface area contributed by atoms with Gasteiger partial charge in [-0.25, -0.2) is 0 Å². The van der Waals surface area contributed by atoms with Gasteiger partial charge in [0, 0.05) is 43.1 Å². The van der Waals surface area contributed by atoms with E-state index in [0.29, 0.717) is 12.1 Å². The zero-order valence-electron chi connectivity index (χ0n) is 16.6. The Bertz CT molecular complexity index is 884. The highest BCUT2D eigenvalue weighted by Gasteiger charge is 2.37. The van der Waals surface area contributed by atoms with Crippen LogP contribution in [-0.2, 0) is 12.4 Å². The van der Waals surface area contributed by atoms with E-state index >= 15 is 0 Å². The number of piperazine rings is 1. The van der Waals surface area contributed by atoms with Crippen LogP contribution in [0.25, 0.3) is 0 Å². The van der Waals surface area contributed by atoms with Gasteiger partial charge in [0.25, 0.3) is 5.91 Å². The van der Waals surface area contributed by atoms with E-state index in [9.17, 15) is 31.1 Å². The van der Waals surface area contributed by atoms with Crippen molar-refractivity contribution in [2.75, 3.05) is 42.9 Å². The number of carbonyl (C=O) groups excluding carboxylic acids is 1. The van der Waals surface area contributed by atoms with E-state index in [0.717, 1.165) is 38.4 Å². The third kappa shape index (κ3) is 5.69. The summed E-state index contributed by atoms with van der Waals surface area (Å²) in [7, 11) is 0. The molecule has 1 fully saturated rings. The molecule has 168 valence electrons. The van der Waals surface area contributed by atoms with E-state index in [2.05, 4.69) is 22.0 Å². The normalized spacial score (nSPS) is 15.8. The summed E-state index contributed by atoms with van der Waals surface area (Å²) in [5.74, 6) is -1.05. The summed E-state index contributed by atoms with van der Waals surface area (Å²) < 4.78 is 77.9. The molecule has 0 radical (unpaired) electrons. The van der Waals surface area contributed by atoms with E-state index in [1.54, 1.807) is 24.3 Å². The highest BCUT2D eigenvalue weighted by molar-refractivity contribution is 6.04. The van der Waals surface area contributed by atoms with Gasteiger partial charge in [0.05, 0.1) is 11.1 Å². The van der Waals surface area contributed by atoms with Crippen molar-refractivity contribution >= 4 is 17.3 Å². The van der Waals surface area contributed by atoms with Crippen LogP contribution >= 0.6 is 0 Å². The largest absolute Gasteiger partial charge is 0.416 e. The number of anilines is 2. The zero-order valence-corrected chi connectivity index (χ0v) is 16.6. The van der Waals surface area contributed by atoms with Crippen molar-refractivity contribution in [3.63, 3.8) is 0 Å². The topological polar surface area (TPSA) is 35.6 Å². The Balaban J connectivity index is 1.75. The van der Waals surface area contributed by atoms with Crippen LogP contribution in [0.15, 0.2) is 42.5 Å². The summed E-state index contributed by atoms with van der Waals surface area (Å²) in [5.41, 5.74) is -2.59. The van der Waals surface area contributed by atoms with Gasteiger partial charge in [-0.2, -0.15) is 26.3 Å². The molecule has 3 rings (SSSR count). The van der Waals surface area contributed by atoms with Crippen LogP contribution in [0.2, 0.25) is 0 Å². The highest BCUT2D eigenvalue weighted by Crippen LogP contribution is 2.36. The van der Waals surface area contributed by atoms with Crippen LogP contribution in [0.1, 0.15) is 28.4 Å². The van der Waals surface area contributed by atoms with Gasteiger partial charge >= 0.3 is 12.4 Å². The Hall–Kier alpha value is -2.75. The number of nitrogens with one attached hydrogen (secondary N) is 1. The van der Waals surface area contributed by atoms with E-state index in [1.807, 2.05) is 0 Å². The molecule has 1 N–H and O–H groups in total. The smallest absolute Gasteiger partial charge is 0.369 e. The van der Waals surface area contributed by atoms with Crippen LogP contribution in [0.4, 0.5) is 37.7 Å². The molecule has 0 spiro atoms. The molecule has 0 atom stereocenters. The number of rotatable bonds is 4. The van der Waals surface area contributed by atoms with Crippen LogP contribution in [-0.4, -0.2) is 43.5 Å². The molecule has 1 amide bonds. The molecule has 10 heteroatoms. The SMILES string of the molecule is CCN1CCN(c2ccc(NC(=O)c3cc(C(F)(F)F)cc(C(F)(F)F)c3)cc2)CC1. The second-order valence-electron chi connectivity index (χ2n) is 7.22. The third-order valence-corrected chi connectivity index (χ3v) is 5.16. The molecule has 31 heavy (non-hydrogen) atoms. The Labute approximate surface area is 175 Å². The van der Waals surface area contributed by atoms with Gasteiger partial charge in [0.1, 0.15) is 0 Å². The fourth-order valence-corrected chi connectivity index (χ4v) is 3.37. The van der Waals surface area contributed by atoms with Crippen LogP contribution in [0.3, 0.4) is 0 Å². The maximum absolute atomic E-state index is 13.0. The van der Waals surface area contributed by atoms with Gasteiger partial charge in [-0.15, -0.1) is 0 Å². The number of likely N-dealkylation sites (N-methyl/N-ethyl adjacent to an activating group) is 1. The number of halogens is 6. The first-order valence-corrected chi connectivity index (χ1v) is 9.65. The van der Waals surface area contributed by atoms with Crippen LogP contribution in [0, 0.1) is 0 Å². The maximum atomic E-state index is 13.0. The van der Waals surface area contributed by atoms with Crippen molar-refractivity contribution in [1.82, 2.24) is 4.90 Å². The average molecular weight is 445 g/mol. The minimum atomic E-state index is -5.01. The summed E-state index contributed by atoms with van der Waals surface area (Å²) in [6, 6.07) is 7.45. The molecule has 2 aromatic rings. The lowest BCUT2D eigenvalue weighted by molar-refractivity contribution is -0.143. The number of hydrogen-bond donors (Lipinski definition) is 1. The molecule has 2 aromatic carbocycles. The monoisotopic (exact) mass is 445 g/mol. The van der Waals surface area contributed by atoms with E-state index in [4.69, 9.17) is 0 Å². The van der Waals surface area contributed by atoms with E-state index in [1.165, 1.54) is 0 Å². The standard InChI is InChI=1S/C21H21F6N3O/c1-2-29-7-9-30(10-8-29)18-5-3-17(4-6-18)28-19(31)14-11-15(20(22,23)24)13-16(12-14)21(25,26)27/h3-6,11-13H,2,7-10H2,1H3,(H,28,31). The number of amides is 1. The summed E-state index contributed by atoms with van der Waals surface area (Å²) in [6.45, 7) is 6.59. The number of benzene rings is 2. The first-order valence-electron chi connectivity index (χ1n) is 9.65. The Morgan fingerprint density at radius 3 is 1.84 bits per heavy atom. The zero-order chi connectivity index (χ0) is 22.8. The first-order chi connectivity index (χ1) is 14.5. The molecule has 0 aromatic heterocycles. The predicted octanol–water partition coefficient (Wildman–Crippen LogP) is 5.12. The third-order valence-electron chi connectivity index (χ3n) is 5.16. The van der Waals surface area contributed by atoms with Crippen LogP contribution in [0.5, 0.6) is 0 Å². The van der Waals surface area contributed by atoms with Gasteiger partial charge in [0.2, 0.25) is 0 Å². The average Bonchev–Trinajstić information content (AvgIpc) is 2.73. The summed E-state index contributed by atoms with van der Waals surface area (Å²) in [4.78, 5) is 16.8. The minimum Gasteiger partial charge on any atom is -0.369 e. The van der Waals surface area contributed by atoms with E-state index < -0.39 is 35.0 Å². The molecular formula is C21H21F6N3O. The number of hydrogen-bond acceptors (Lipinski definition) is 3. The maximum Gasteiger partial charge on any atom is 0.416 e. The number of nitrogens with zero attached hydrogens (tertiary/aromatic N) is 2. The predicted molar refractivity (Wildman–Crippen MR) is 105 cm³/mol. The van der Waals surface area contributed by atoms with Gasteiger partial charge in [-0.1, -0.05) is 6.92 Å². The van der Waals surface area contributed by atoms with Crippen molar-refractivity contribution in [3.05, 3.63) is 59.2 Å². The molecule has 4 nitrogen and oxygen atoms in total. The Morgan fingerprint density at radius 1 is 0.871 bits per heavy atom. The summed E-state index contributed by atoms with van der Waals surface area (Å²) in [5, 5.41) is 2.36. The lowest BCUT2D eigenvalue weighted by Gasteiger charge is -2.35. The first kappa shape index (κ1) is 22.9. The molecular weight excluding hydrogens is 424 g/mol. The van der Waals surface area contributed by atoms with Crippen LogP contribution < -0.4 is 10.2 Å². The minimum absolute atomic E-state index is 0.0101. The molecule has 0 aliphatic carbocycles. The molecule has 1 aliphatic rings. The van der Waals surface area contributed by atoms with Gasteiger partial charge in [-0.3, -0.25) is 4.79 Å². The second-order valence-corrected chi connectivity index (χ2v) is 7.22. The molecule has 0 bridgehead atoms. The Morgan fingerprint density at radius 2 is 1.39 bits per heavy atom. The van der Waals surface area contributed by atoms with Gasteiger partial charge in [0.15, 0.2) is 0 Å².